The summed E-state index contributed by atoms with van der Waals surface area (Å²) in [5, 5.41) is 18.7. The molecule has 100 valence electrons. The van der Waals surface area contributed by atoms with Crippen molar-refractivity contribution in [3.8, 4) is 5.75 Å². The Morgan fingerprint density at radius 2 is 1.89 bits per heavy atom. The first kappa shape index (κ1) is 14.6. The van der Waals surface area contributed by atoms with E-state index in [9.17, 15) is 15.0 Å². The molecule has 0 spiro atoms. The number of carbonyl (C=O) groups is 1. The molecule has 18 heavy (non-hydrogen) atoms. The normalized spacial score (nSPS) is 12.7. The fourth-order valence-corrected chi connectivity index (χ4v) is 2.40. The maximum atomic E-state index is 11.2. The molecule has 1 aromatic carbocycles. The third kappa shape index (κ3) is 3.49. The van der Waals surface area contributed by atoms with Crippen LogP contribution in [-0.4, -0.2) is 16.2 Å². The molecule has 0 saturated carbocycles. The number of benzene rings is 1. The zero-order chi connectivity index (χ0) is 13.7. The van der Waals surface area contributed by atoms with Crippen LogP contribution < -0.4 is 0 Å². The molecule has 1 rings (SSSR count). The van der Waals surface area contributed by atoms with E-state index in [1.54, 1.807) is 6.07 Å². The molecule has 0 bridgehead atoms. The van der Waals surface area contributed by atoms with Gasteiger partial charge in [-0.25, -0.2) is 4.79 Å². The molecule has 0 saturated heterocycles. The third-order valence-corrected chi connectivity index (χ3v) is 3.64. The van der Waals surface area contributed by atoms with Gasteiger partial charge in [-0.3, -0.25) is 0 Å². The van der Waals surface area contributed by atoms with E-state index in [2.05, 4.69) is 13.8 Å². The summed E-state index contributed by atoms with van der Waals surface area (Å²) in [6.45, 7) is 6.34. The minimum absolute atomic E-state index is 0.131. The number of aromatic hydroxyl groups is 1. The number of carboxylic acids is 1. The lowest BCUT2D eigenvalue weighted by Crippen LogP contribution is -2.09. The molecule has 1 atom stereocenters. The van der Waals surface area contributed by atoms with Gasteiger partial charge in [-0.1, -0.05) is 33.6 Å². The van der Waals surface area contributed by atoms with Crippen LogP contribution in [0, 0.1) is 5.92 Å². The average Bonchev–Trinajstić information content (AvgIpc) is 2.35. The molecule has 1 aromatic rings. The summed E-state index contributed by atoms with van der Waals surface area (Å²) in [6, 6.07) is 4.49. The van der Waals surface area contributed by atoms with E-state index >= 15 is 0 Å². The van der Waals surface area contributed by atoms with Crippen LogP contribution in [0.3, 0.4) is 0 Å². The van der Waals surface area contributed by atoms with Crippen molar-refractivity contribution in [3.05, 3.63) is 29.3 Å². The number of phenols is 1. The molecule has 0 aliphatic heterocycles. The topological polar surface area (TPSA) is 57.5 Å². The predicted molar refractivity (Wildman–Crippen MR) is 72.2 cm³/mol. The lowest BCUT2D eigenvalue weighted by atomic mass is 9.85. The summed E-state index contributed by atoms with van der Waals surface area (Å²) in [4.78, 5) is 11.2. The smallest absolute Gasteiger partial charge is 0.335 e. The van der Waals surface area contributed by atoms with Crippen LogP contribution in [0.4, 0.5) is 0 Å². The summed E-state index contributed by atoms with van der Waals surface area (Å²) < 4.78 is 0. The second-order valence-corrected chi connectivity index (χ2v) is 4.90. The minimum Gasteiger partial charge on any atom is -0.508 e. The fraction of sp³-hybridized carbons (Fsp3) is 0.533. The maximum Gasteiger partial charge on any atom is 0.335 e. The van der Waals surface area contributed by atoms with Gasteiger partial charge < -0.3 is 10.2 Å². The van der Waals surface area contributed by atoms with E-state index in [0.29, 0.717) is 11.5 Å². The van der Waals surface area contributed by atoms with Gasteiger partial charge in [0.2, 0.25) is 0 Å². The summed E-state index contributed by atoms with van der Waals surface area (Å²) in [5.74, 6) is -0.0510. The lowest BCUT2D eigenvalue weighted by Gasteiger charge is -2.20. The molecule has 3 heteroatoms. The van der Waals surface area contributed by atoms with Crippen LogP contribution in [-0.2, 0) is 0 Å². The van der Waals surface area contributed by atoms with Crippen molar-refractivity contribution in [2.24, 2.45) is 5.92 Å². The quantitative estimate of drug-likeness (QED) is 0.801. The van der Waals surface area contributed by atoms with Crippen molar-refractivity contribution in [3.63, 3.8) is 0 Å². The molecule has 3 nitrogen and oxygen atoms in total. The van der Waals surface area contributed by atoms with E-state index in [1.165, 1.54) is 12.1 Å². The van der Waals surface area contributed by atoms with Crippen molar-refractivity contribution >= 4 is 5.97 Å². The molecule has 0 radical (unpaired) electrons. The van der Waals surface area contributed by atoms with E-state index in [0.717, 1.165) is 24.8 Å². The van der Waals surface area contributed by atoms with Crippen molar-refractivity contribution in [1.82, 2.24) is 0 Å². The Labute approximate surface area is 108 Å². The minimum atomic E-state index is -0.929. The first-order valence-electron chi connectivity index (χ1n) is 6.55. The second kappa shape index (κ2) is 6.43. The van der Waals surface area contributed by atoms with Crippen LogP contribution in [0.25, 0.3) is 0 Å². The SMILES string of the molecule is CCC(CC)C[C@@H](C)c1cc(O)ccc1C(=O)O. The maximum absolute atomic E-state index is 11.2. The molecule has 2 N–H and O–H groups in total. The van der Waals surface area contributed by atoms with Gasteiger partial charge in [-0.05, 0) is 42.0 Å². The summed E-state index contributed by atoms with van der Waals surface area (Å²) in [6.07, 6.45) is 3.15. The third-order valence-electron chi connectivity index (χ3n) is 3.64. The zero-order valence-corrected chi connectivity index (χ0v) is 11.3. The highest BCUT2D eigenvalue weighted by Gasteiger charge is 2.18. The van der Waals surface area contributed by atoms with Crippen LogP contribution in [0.2, 0.25) is 0 Å². The number of aromatic carboxylic acids is 1. The first-order chi connectivity index (χ1) is 8.49. The van der Waals surface area contributed by atoms with Crippen LogP contribution >= 0.6 is 0 Å². The number of phenolic OH excluding ortho intramolecular Hbond substituents is 1. The summed E-state index contributed by atoms with van der Waals surface area (Å²) >= 11 is 0. The molecule has 0 fully saturated rings. The summed E-state index contributed by atoms with van der Waals surface area (Å²) in [5.41, 5.74) is 1.03. The molecule has 0 heterocycles. The number of hydrogen-bond acceptors (Lipinski definition) is 2. The van der Waals surface area contributed by atoms with Gasteiger partial charge in [0.05, 0.1) is 5.56 Å². The molecular formula is C15H22O3. The van der Waals surface area contributed by atoms with E-state index in [4.69, 9.17) is 0 Å². The lowest BCUT2D eigenvalue weighted by molar-refractivity contribution is 0.0695. The van der Waals surface area contributed by atoms with Crippen LogP contribution in [0.15, 0.2) is 18.2 Å². The predicted octanol–water partition coefficient (Wildman–Crippen LogP) is 4.02. The molecular weight excluding hydrogens is 228 g/mol. The van der Waals surface area contributed by atoms with Gasteiger partial charge in [0.15, 0.2) is 0 Å². The van der Waals surface area contributed by atoms with Gasteiger partial charge in [0, 0.05) is 0 Å². The molecule has 0 unspecified atom stereocenters. The summed E-state index contributed by atoms with van der Waals surface area (Å²) in [7, 11) is 0. The van der Waals surface area contributed by atoms with Crippen molar-refractivity contribution in [2.45, 2.75) is 46.0 Å². The Balaban J connectivity index is 2.99. The van der Waals surface area contributed by atoms with Crippen molar-refractivity contribution < 1.29 is 15.0 Å². The van der Waals surface area contributed by atoms with Gasteiger partial charge in [0.25, 0.3) is 0 Å². The zero-order valence-electron chi connectivity index (χ0n) is 11.3. The van der Waals surface area contributed by atoms with Crippen molar-refractivity contribution in [2.75, 3.05) is 0 Å². The number of hydrogen-bond donors (Lipinski definition) is 2. The standard InChI is InChI=1S/C15H22O3/c1-4-11(5-2)8-10(3)14-9-12(16)6-7-13(14)15(17)18/h6-7,9-11,16H,4-5,8H2,1-3H3,(H,17,18)/t10-/m1/s1. The Morgan fingerprint density at radius 3 is 2.39 bits per heavy atom. The highest BCUT2D eigenvalue weighted by atomic mass is 16.4. The molecule has 0 aliphatic rings. The van der Waals surface area contributed by atoms with Gasteiger partial charge in [-0.2, -0.15) is 0 Å². The Hall–Kier alpha value is -1.51. The van der Waals surface area contributed by atoms with E-state index in [-0.39, 0.29) is 11.7 Å². The Bertz CT molecular complexity index is 408. The highest BCUT2D eigenvalue weighted by Crippen LogP contribution is 2.31. The molecule has 0 aromatic heterocycles. The molecule has 0 amide bonds. The number of carboxylic acid groups (broad SMARTS) is 1. The van der Waals surface area contributed by atoms with Crippen LogP contribution in [0.1, 0.15) is 61.9 Å². The Kier molecular flexibility index (Phi) is 5.20. The largest absolute Gasteiger partial charge is 0.508 e. The monoisotopic (exact) mass is 250 g/mol. The Morgan fingerprint density at radius 1 is 1.28 bits per heavy atom. The van der Waals surface area contributed by atoms with E-state index in [1.807, 2.05) is 6.92 Å². The number of rotatable bonds is 6. The van der Waals surface area contributed by atoms with Gasteiger partial charge in [-0.15, -0.1) is 0 Å². The van der Waals surface area contributed by atoms with Crippen molar-refractivity contribution in [1.29, 1.82) is 0 Å². The highest BCUT2D eigenvalue weighted by molar-refractivity contribution is 5.89. The second-order valence-electron chi connectivity index (χ2n) is 4.90. The average molecular weight is 250 g/mol. The van der Waals surface area contributed by atoms with Crippen LogP contribution in [0.5, 0.6) is 5.75 Å². The van der Waals surface area contributed by atoms with Gasteiger partial charge >= 0.3 is 5.97 Å². The van der Waals surface area contributed by atoms with E-state index < -0.39 is 5.97 Å². The van der Waals surface area contributed by atoms with Gasteiger partial charge in [0.1, 0.15) is 5.75 Å². The first-order valence-corrected chi connectivity index (χ1v) is 6.55. The molecule has 0 aliphatic carbocycles. The fourth-order valence-electron chi connectivity index (χ4n) is 2.40.